The first kappa shape index (κ1) is 12.0. The molecule has 1 unspecified atom stereocenters. The summed E-state index contributed by atoms with van der Waals surface area (Å²) in [6.07, 6.45) is 0.656. The van der Waals surface area contributed by atoms with E-state index in [4.69, 9.17) is 11.6 Å². The maximum atomic E-state index is 11.2. The minimum absolute atomic E-state index is 0.00812. The minimum atomic E-state index is -0.607. The number of aromatic amines is 1. The lowest BCUT2D eigenvalue weighted by Crippen LogP contribution is -2.42. The van der Waals surface area contributed by atoms with Crippen LogP contribution in [-0.4, -0.2) is 26.7 Å². The first-order chi connectivity index (χ1) is 6.84. The largest absolute Gasteiger partial charge is 0.391 e. The van der Waals surface area contributed by atoms with Gasteiger partial charge in [-0.1, -0.05) is 11.6 Å². The molecule has 6 heteroatoms. The average molecular weight is 232 g/mol. The van der Waals surface area contributed by atoms with E-state index < -0.39 is 17.2 Å². The summed E-state index contributed by atoms with van der Waals surface area (Å²) < 4.78 is 0. The highest BCUT2D eigenvalue weighted by Crippen LogP contribution is 2.20. The van der Waals surface area contributed by atoms with Gasteiger partial charge in [-0.05, 0) is 20.8 Å². The number of nitrogens with zero attached hydrogens (tertiary/aromatic N) is 1. The van der Waals surface area contributed by atoms with Crippen molar-refractivity contribution in [1.82, 2.24) is 9.97 Å². The average Bonchev–Trinajstić information content (AvgIpc) is 2.12. The van der Waals surface area contributed by atoms with E-state index in [2.05, 4.69) is 15.3 Å². The SMILES string of the molecule is CC(O)C(C)(C)Nc1nc[nH]c(=O)c1Cl. The zero-order valence-electron chi connectivity index (χ0n) is 8.84. The molecule has 1 rings (SSSR count). The molecular formula is C9H14ClN3O2. The van der Waals surface area contributed by atoms with E-state index in [0.717, 1.165) is 0 Å². The van der Waals surface area contributed by atoms with Crippen LogP contribution in [-0.2, 0) is 0 Å². The molecule has 3 N–H and O–H groups in total. The number of hydrogen-bond donors (Lipinski definition) is 3. The topological polar surface area (TPSA) is 78.0 Å². The third-order valence-corrected chi connectivity index (χ3v) is 2.63. The smallest absolute Gasteiger partial charge is 0.271 e. The predicted octanol–water partition coefficient (Wildman–Crippen LogP) is 0.995. The molecule has 0 saturated carbocycles. The first-order valence-corrected chi connectivity index (χ1v) is 4.92. The molecule has 0 aromatic carbocycles. The van der Waals surface area contributed by atoms with Gasteiger partial charge in [0.1, 0.15) is 5.02 Å². The van der Waals surface area contributed by atoms with Gasteiger partial charge in [0.15, 0.2) is 5.82 Å². The van der Waals surface area contributed by atoms with Crippen molar-refractivity contribution in [3.63, 3.8) is 0 Å². The Balaban J connectivity index is 3.00. The minimum Gasteiger partial charge on any atom is -0.391 e. The first-order valence-electron chi connectivity index (χ1n) is 4.54. The van der Waals surface area contributed by atoms with Crippen molar-refractivity contribution in [3.05, 3.63) is 21.7 Å². The summed E-state index contributed by atoms with van der Waals surface area (Å²) in [6, 6.07) is 0. The van der Waals surface area contributed by atoms with Crippen LogP contribution in [0.25, 0.3) is 0 Å². The molecule has 1 atom stereocenters. The van der Waals surface area contributed by atoms with E-state index in [9.17, 15) is 9.90 Å². The van der Waals surface area contributed by atoms with Gasteiger partial charge in [0.2, 0.25) is 0 Å². The van der Waals surface area contributed by atoms with Crippen LogP contribution in [0.5, 0.6) is 0 Å². The van der Waals surface area contributed by atoms with Crippen molar-refractivity contribution < 1.29 is 5.11 Å². The second-order valence-corrected chi connectivity index (χ2v) is 4.29. The van der Waals surface area contributed by atoms with Crippen molar-refractivity contribution in [3.8, 4) is 0 Å². The zero-order chi connectivity index (χ0) is 11.6. The number of aliphatic hydroxyl groups is 1. The molecule has 1 aromatic heterocycles. The van der Waals surface area contributed by atoms with E-state index in [1.807, 2.05) is 0 Å². The molecule has 0 bridgehead atoms. The molecule has 5 nitrogen and oxygen atoms in total. The second-order valence-electron chi connectivity index (χ2n) is 3.92. The molecule has 0 aliphatic heterocycles. The van der Waals surface area contributed by atoms with Crippen LogP contribution in [0, 0.1) is 0 Å². The van der Waals surface area contributed by atoms with Gasteiger partial charge in [0.25, 0.3) is 5.56 Å². The van der Waals surface area contributed by atoms with Gasteiger partial charge >= 0.3 is 0 Å². The summed E-state index contributed by atoms with van der Waals surface area (Å²) >= 11 is 5.75. The number of aliphatic hydroxyl groups excluding tert-OH is 1. The second kappa shape index (κ2) is 4.20. The number of aromatic nitrogens is 2. The van der Waals surface area contributed by atoms with Gasteiger partial charge in [-0.15, -0.1) is 0 Å². The maximum absolute atomic E-state index is 11.2. The lowest BCUT2D eigenvalue weighted by molar-refractivity contribution is 0.133. The summed E-state index contributed by atoms with van der Waals surface area (Å²) in [7, 11) is 0. The molecule has 0 aliphatic rings. The molecule has 0 saturated heterocycles. The Kier molecular flexibility index (Phi) is 3.36. The van der Waals surface area contributed by atoms with Gasteiger partial charge < -0.3 is 15.4 Å². The van der Waals surface area contributed by atoms with Crippen molar-refractivity contribution in [2.75, 3.05) is 5.32 Å². The molecule has 84 valence electrons. The molecule has 0 fully saturated rings. The van der Waals surface area contributed by atoms with Crippen LogP contribution in [0.3, 0.4) is 0 Å². The maximum Gasteiger partial charge on any atom is 0.271 e. The number of rotatable bonds is 3. The van der Waals surface area contributed by atoms with Crippen LogP contribution < -0.4 is 10.9 Å². The fourth-order valence-electron chi connectivity index (χ4n) is 0.880. The van der Waals surface area contributed by atoms with Gasteiger partial charge in [0.05, 0.1) is 18.0 Å². The summed E-state index contributed by atoms with van der Waals surface area (Å²) in [4.78, 5) is 17.4. The number of nitrogens with one attached hydrogen (secondary N) is 2. The summed E-state index contributed by atoms with van der Waals surface area (Å²) in [5.41, 5.74) is -1.01. The molecule has 1 aromatic rings. The third kappa shape index (κ3) is 2.70. The highest BCUT2D eigenvalue weighted by molar-refractivity contribution is 6.32. The number of hydrogen-bond acceptors (Lipinski definition) is 4. The summed E-state index contributed by atoms with van der Waals surface area (Å²) in [6.45, 7) is 5.22. The molecule has 0 spiro atoms. The predicted molar refractivity (Wildman–Crippen MR) is 59.3 cm³/mol. The van der Waals surface area contributed by atoms with E-state index in [-0.39, 0.29) is 10.8 Å². The van der Waals surface area contributed by atoms with Gasteiger partial charge in [-0.2, -0.15) is 0 Å². The highest BCUT2D eigenvalue weighted by atomic mass is 35.5. The molecule has 15 heavy (non-hydrogen) atoms. The Morgan fingerprint density at radius 3 is 2.80 bits per heavy atom. The molecule has 1 heterocycles. The molecular weight excluding hydrogens is 218 g/mol. The van der Waals surface area contributed by atoms with Crippen LogP contribution in [0.15, 0.2) is 11.1 Å². The number of anilines is 1. The quantitative estimate of drug-likeness (QED) is 0.725. The van der Waals surface area contributed by atoms with Crippen LogP contribution in [0.4, 0.5) is 5.82 Å². The number of halogens is 1. The van der Waals surface area contributed by atoms with E-state index in [1.54, 1.807) is 20.8 Å². The Labute approximate surface area is 92.5 Å². The zero-order valence-corrected chi connectivity index (χ0v) is 9.59. The lowest BCUT2D eigenvalue weighted by atomic mass is 9.99. The van der Waals surface area contributed by atoms with Gasteiger partial charge in [0, 0.05) is 0 Å². The van der Waals surface area contributed by atoms with Crippen LogP contribution >= 0.6 is 11.6 Å². The standard InChI is InChI=1S/C9H14ClN3O2/c1-5(14)9(2,3)13-7-6(10)8(15)12-4-11-7/h4-5,14H,1-3H3,(H2,11,12,13,15). The van der Waals surface area contributed by atoms with Crippen molar-refractivity contribution in [1.29, 1.82) is 0 Å². The lowest BCUT2D eigenvalue weighted by Gasteiger charge is -2.29. The normalized spacial score (nSPS) is 13.7. The van der Waals surface area contributed by atoms with Crippen molar-refractivity contribution in [2.24, 2.45) is 0 Å². The highest BCUT2D eigenvalue weighted by Gasteiger charge is 2.25. The molecule has 0 amide bonds. The van der Waals surface area contributed by atoms with E-state index in [1.165, 1.54) is 6.33 Å². The fraction of sp³-hybridized carbons (Fsp3) is 0.556. The molecule has 0 aliphatic carbocycles. The summed E-state index contributed by atoms with van der Waals surface area (Å²) in [5, 5.41) is 12.4. The Bertz CT molecular complexity index is 401. The Hall–Kier alpha value is -1.07. The Morgan fingerprint density at radius 1 is 1.67 bits per heavy atom. The van der Waals surface area contributed by atoms with Crippen molar-refractivity contribution >= 4 is 17.4 Å². The van der Waals surface area contributed by atoms with Crippen molar-refractivity contribution in [2.45, 2.75) is 32.4 Å². The monoisotopic (exact) mass is 231 g/mol. The fourth-order valence-corrected chi connectivity index (χ4v) is 1.03. The van der Waals surface area contributed by atoms with E-state index in [0.29, 0.717) is 0 Å². The third-order valence-electron chi connectivity index (χ3n) is 2.28. The van der Waals surface area contributed by atoms with Crippen LogP contribution in [0.2, 0.25) is 5.02 Å². The van der Waals surface area contributed by atoms with Gasteiger partial charge in [-0.25, -0.2) is 4.98 Å². The Morgan fingerprint density at radius 2 is 2.27 bits per heavy atom. The van der Waals surface area contributed by atoms with Crippen LogP contribution in [0.1, 0.15) is 20.8 Å². The molecule has 0 radical (unpaired) electrons. The summed E-state index contributed by atoms with van der Waals surface area (Å²) in [5.74, 6) is 0.270. The van der Waals surface area contributed by atoms with Gasteiger partial charge in [-0.3, -0.25) is 4.79 Å². The van der Waals surface area contributed by atoms with E-state index >= 15 is 0 Å². The number of H-pyrrole nitrogens is 1.